The molecule has 1 heterocycles. The van der Waals surface area contributed by atoms with Crippen LogP contribution in [0.2, 0.25) is 0 Å². The minimum atomic E-state index is 0.261. The maximum Gasteiger partial charge on any atom is 0.140 e. The predicted octanol–water partition coefficient (Wildman–Crippen LogP) is 0.584. The van der Waals surface area contributed by atoms with Crippen LogP contribution in [0.25, 0.3) is 0 Å². The van der Waals surface area contributed by atoms with Crippen LogP contribution in [0.1, 0.15) is 33.1 Å². The van der Waals surface area contributed by atoms with Crippen molar-refractivity contribution in [2.75, 3.05) is 13.6 Å². The van der Waals surface area contributed by atoms with E-state index in [9.17, 15) is 0 Å². The lowest BCUT2D eigenvalue weighted by atomic mass is 9.98. The molecule has 0 aliphatic carbocycles. The van der Waals surface area contributed by atoms with E-state index in [2.05, 4.69) is 36.3 Å². The molecule has 0 radical (unpaired) electrons. The second-order valence-electron chi connectivity index (χ2n) is 4.91. The highest BCUT2D eigenvalue weighted by Gasteiger charge is 2.23. The Kier molecular flexibility index (Phi) is 5.02. The van der Waals surface area contributed by atoms with Crippen molar-refractivity contribution < 1.29 is 5.21 Å². The monoisotopic (exact) mass is 228 g/mol. The molecule has 0 bridgehead atoms. The molecule has 5 heteroatoms. The van der Waals surface area contributed by atoms with E-state index in [-0.39, 0.29) is 6.04 Å². The first kappa shape index (κ1) is 13.3. The van der Waals surface area contributed by atoms with Crippen LogP contribution in [-0.4, -0.2) is 47.7 Å². The van der Waals surface area contributed by atoms with Crippen molar-refractivity contribution in [1.29, 1.82) is 0 Å². The highest BCUT2D eigenvalue weighted by Crippen LogP contribution is 2.16. The Balaban J connectivity index is 2.32. The molecule has 16 heavy (non-hydrogen) atoms. The van der Waals surface area contributed by atoms with Crippen LogP contribution in [0.3, 0.4) is 0 Å². The zero-order valence-electron chi connectivity index (χ0n) is 10.5. The van der Waals surface area contributed by atoms with Gasteiger partial charge in [0.1, 0.15) is 5.84 Å². The molecule has 4 N–H and O–H groups in total. The van der Waals surface area contributed by atoms with Crippen molar-refractivity contribution >= 4 is 5.84 Å². The Morgan fingerprint density at radius 2 is 2.38 bits per heavy atom. The number of nitrogens with one attached hydrogen (secondary N) is 1. The number of nitrogens with zero attached hydrogens (tertiary/aromatic N) is 2. The van der Waals surface area contributed by atoms with E-state index in [0.29, 0.717) is 24.3 Å². The lowest BCUT2D eigenvalue weighted by Gasteiger charge is -2.36. The third-order valence-electron chi connectivity index (χ3n) is 3.37. The largest absolute Gasteiger partial charge is 0.409 e. The molecule has 1 rings (SSSR count). The zero-order valence-corrected chi connectivity index (χ0v) is 10.5. The lowest BCUT2D eigenvalue weighted by molar-refractivity contribution is 0.163. The minimum Gasteiger partial charge on any atom is -0.409 e. The Bertz CT molecular complexity index is 244. The topological polar surface area (TPSA) is 73.9 Å². The first-order valence-corrected chi connectivity index (χ1v) is 5.95. The molecule has 94 valence electrons. The summed E-state index contributed by atoms with van der Waals surface area (Å²) in [5, 5.41) is 15.0. The molecule has 1 fully saturated rings. The average molecular weight is 228 g/mol. The van der Waals surface area contributed by atoms with Gasteiger partial charge in [0.05, 0.1) is 0 Å². The second kappa shape index (κ2) is 6.06. The van der Waals surface area contributed by atoms with Crippen LogP contribution in [0.5, 0.6) is 0 Å². The molecule has 0 aromatic heterocycles. The summed E-state index contributed by atoms with van der Waals surface area (Å²) >= 11 is 0. The van der Waals surface area contributed by atoms with Gasteiger partial charge in [-0.1, -0.05) is 5.16 Å². The lowest BCUT2D eigenvalue weighted by Crippen LogP contribution is -2.48. The van der Waals surface area contributed by atoms with Gasteiger partial charge in [0.15, 0.2) is 0 Å². The molecule has 0 aromatic rings. The molecule has 0 spiro atoms. The molecule has 3 unspecified atom stereocenters. The fourth-order valence-corrected chi connectivity index (χ4v) is 2.26. The van der Waals surface area contributed by atoms with Crippen LogP contribution in [0.15, 0.2) is 5.16 Å². The maximum atomic E-state index is 8.49. The quantitative estimate of drug-likeness (QED) is 0.285. The summed E-state index contributed by atoms with van der Waals surface area (Å²) < 4.78 is 0. The molecule has 1 aliphatic heterocycles. The Morgan fingerprint density at radius 1 is 1.69 bits per heavy atom. The highest BCUT2D eigenvalue weighted by atomic mass is 16.4. The molecular weight excluding hydrogens is 204 g/mol. The molecule has 1 saturated heterocycles. The number of rotatable bonds is 4. The van der Waals surface area contributed by atoms with Gasteiger partial charge < -0.3 is 21.2 Å². The van der Waals surface area contributed by atoms with E-state index in [0.717, 1.165) is 13.0 Å². The normalized spacial score (nSPS) is 30.3. The number of nitrogens with two attached hydrogens (primary N) is 1. The Labute approximate surface area is 97.7 Å². The molecule has 0 aromatic carbocycles. The number of piperidine rings is 1. The summed E-state index contributed by atoms with van der Waals surface area (Å²) in [6.45, 7) is 5.46. The summed E-state index contributed by atoms with van der Waals surface area (Å²) in [7, 11) is 2.17. The van der Waals surface area contributed by atoms with Gasteiger partial charge in [-0.2, -0.15) is 0 Å². The number of amidine groups is 1. The minimum absolute atomic E-state index is 0.261. The second-order valence-corrected chi connectivity index (χ2v) is 4.91. The van der Waals surface area contributed by atoms with Gasteiger partial charge in [-0.3, -0.25) is 0 Å². The van der Waals surface area contributed by atoms with Crippen LogP contribution in [0.4, 0.5) is 0 Å². The van der Waals surface area contributed by atoms with Crippen molar-refractivity contribution in [3.8, 4) is 0 Å². The van der Waals surface area contributed by atoms with E-state index in [1.807, 2.05) is 0 Å². The van der Waals surface area contributed by atoms with Crippen LogP contribution < -0.4 is 11.1 Å². The molecule has 0 amide bonds. The first-order chi connectivity index (χ1) is 7.52. The maximum absolute atomic E-state index is 8.49. The van der Waals surface area contributed by atoms with Crippen LogP contribution in [-0.2, 0) is 0 Å². The smallest absolute Gasteiger partial charge is 0.140 e. The summed E-state index contributed by atoms with van der Waals surface area (Å²) in [5.74, 6) is 0.293. The first-order valence-electron chi connectivity index (χ1n) is 5.95. The highest BCUT2D eigenvalue weighted by molar-refractivity contribution is 5.80. The van der Waals surface area contributed by atoms with Gasteiger partial charge in [0, 0.05) is 24.5 Å². The average Bonchev–Trinajstić information content (AvgIpc) is 2.23. The van der Waals surface area contributed by atoms with Gasteiger partial charge in [-0.15, -0.1) is 0 Å². The molecule has 1 aliphatic rings. The number of oxime groups is 1. The van der Waals surface area contributed by atoms with Crippen molar-refractivity contribution in [1.82, 2.24) is 10.2 Å². The number of hydrogen-bond acceptors (Lipinski definition) is 4. The number of likely N-dealkylation sites (tertiary alicyclic amines) is 1. The van der Waals surface area contributed by atoms with Crippen LogP contribution in [0, 0.1) is 0 Å². The van der Waals surface area contributed by atoms with Crippen molar-refractivity contribution in [3.05, 3.63) is 0 Å². The van der Waals surface area contributed by atoms with Crippen molar-refractivity contribution in [2.24, 2.45) is 10.9 Å². The molecule has 5 nitrogen and oxygen atoms in total. The fourth-order valence-electron chi connectivity index (χ4n) is 2.26. The van der Waals surface area contributed by atoms with Gasteiger partial charge in [0.2, 0.25) is 0 Å². The van der Waals surface area contributed by atoms with Crippen molar-refractivity contribution in [2.45, 2.75) is 51.2 Å². The van der Waals surface area contributed by atoms with E-state index in [1.165, 1.54) is 6.42 Å². The molecular formula is C11H24N4O. The summed E-state index contributed by atoms with van der Waals surface area (Å²) in [6.07, 6.45) is 2.93. The SMILES string of the molecule is CC(CC(N)=NO)NC1CCN(C)C(C)C1. The Morgan fingerprint density at radius 3 is 2.94 bits per heavy atom. The predicted molar refractivity (Wildman–Crippen MR) is 65.7 cm³/mol. The van der Waals surface area contributed by atoms with Crippen LogP contribution >= 0.6 is 0 Å². The van der Waals surface area contributed by atoms with E-state index >= 15 is 0 Å². The third-order valence-corrected chi connectivity index (χ3v) is 3.37. The van der Waals surface area contributed by atoms with Gasteiger partial charge >= 0.3 is 0 Å². The van der Waals surface area contributed by atoms with Gasteiger partial charge in [-0.25, -0.2) is 0 Å². The van der Waals surface area contributed by atoms with Gasteiger partial charge in [0.25, 0.3) is 0 Å². The Hall–Kier alpha value is -0.810. The standard InChI is InChI=1S/C11H24N4O/c1-8(6-11(12)14-16)13-10-4-5-15(3)9(2)7-10/h8-10,13,16H,4-7H2,1-3H3,(H2,12,14). The van der Waals surface area contributed by atoms with Crippen molar-refractivity contribution in [3.63, 3.8) is 0 Å². The fraction of sp³-hybridized carbons (Fsp3) is 0.909. The summed E-state index contributed by atoms with van der Waals surface area (Å²) in [5.41, 5.74) is 5.48. The molecule has 0 saturated carbocycles. The van der Waals surface area contributed by atoms with E-state index < -0.39 is 0 Å². The zero-order chi connectivity index (χ0) is 12.1. The third kappa shape index (κ3) is 3.98. The van der Waals surface area contributed by atoms with E-state index in [1.54, 1.807) is 0 Å². The summed E-state index contributed by atoms with van der Waals surface area (Å²) in [4.78, 5) is 2.38. The summed E-state index contributed by atoms with van der Waals surface area (Å²) in [6, 6.07) is 1.44. The molecule has 3 atom stereocenters. The number of hydrogen-bond donors (Lipinski definition) is 3. The van der Waals surface area contributed by atoms with E-state index in [4.69, 9.17) is 10.9 Å². The van der Waals surface area contributed by atoms with Gasteiger partial charge in [-0.05, 0) is 40.3 Å².